The zero-order valence-corrected chi connectivity index (χ0v) is 9.66. The Morgan fingerprint density at radius 1 is 1.06 bits per heavy atom. The Morgan fingerprint density at radius 2 is 1.62 bits per heavy atom. The SMILES string of the molecule is COc1cc(OC)c(NCNN)c(OC)c1. The van der Waals surface area contributed by atoms with Crippen molar-refractivity contribution >= 4 is 5.69 Å². The van der Waals surface area contributed by atoms with Crippen LogP contribution >= 0.6 is 0 Å². The van der Waals surface area contributed by atoms with Crippen LogP contribution in [0.1, 0.15) is 0 Å². The first-order valence-electron chi connectivity index (χ1n) is 4.74. The highest BCUT2D eigenvalue weighted by atomic mass is 16.5. The van der Waals surface area contributed by atoms with E-state index < -0.39 is 0 Å². The summed E-state index contributed by atoms with van der Waals surface area (Å²) < 4.78 is 15.6. The molecule has 4 N–H and O–H groups in total. The van der Waals surface area contributed by atoms with Crippen LogP contribution in [0.15, 0.2) is 12.1 Å². The lowest BCUT2D eigenvalue weighted by Crippen LogP contribution is -2.28. The van der Waals surface area contributed by atoms with Gasteiger partial charge in [0.05, 0.1) is 28.0 Å². The summed E-state index contributed by atoms with van der Waals surface area (Å²) in [6.45, 7) is 0.402. The molecule has 0 amide bonds. The molecule has 0 radical (unpaired) electrons. The third-order valence-electron chi connectivity index (χ3n) is 2.08. The summed E-state index contributed by atoms with van der Waals surface area (Å²) >= 11 is 0. The first-order chi connectivity index (χ1) is 7.76. The average molecular weight is 227 g/mol. The summed E-state index contributed by atoms with van der Waals surface area (Å²) in [5.41, 5.74) is 3.22. The van der Waals surface area contributed by atoms with Crippen LogP contribution in [-0.2, 0) is 0 Å². The summed E-state index contributed by atoms with van der Waals surface area (Å²) in [6.07, 6.45) is 0. The van der Waals surface area contributed by atoms with E-state index in [1.807, 2.05) is 0 Å². The molecule has 6 nitrogen and oxygen atoms in total. The first-order valence-corrected chi connectivity index (χ1v) is 4.74. The smallest absolute Gasteiger partial charge is 0.149 e. The zero-order chi connectivity index (χ0) is 12.0. The number of methoxy groups -OCH3 is 3. The van der Waals surface area contributed by atoms with Gasteiger partial charge in [0.2, 0.25) is 0 Å². The van der Waals surface area contributed by atoms with Crippen LogP contribution in [0, 0.1) is 0 Å². The van der Waals surface area contributed by atoms with Crippen LogP contribution < -0.4 is 30.8 Å². The maximum atomic E-state index is 5.24. The monoisotopic (exact) mass is 227 g/mol. The molecule has 0 saturated carbocycles. The molecule has 0 bridgehead atoms. The van der Waals surface area contributed by atoms with E-state index in [1.165, 1.54) is 0 Å². The minimum Gasteiger partial charge on any atom is -0.496 e. The Kier molecular flexibility index (Phi) is 4.68. The lowest BCUT2D eigenvalue weighted by Gasteiger charge is -2.16. The van der Waals surface area contributed by atoms with Crippen molar-refractivity contribution in [2.45, 2.75) is 0 Å². The highest BCUT2D eigenvalue weighted by molar-refractivity contribution is 5.68. The number of hydrazine groups is 1. The number of hydrogen-bond donors (Lipinski definition) is 3. The predicted molar refractivity (Wildman–Crippen MR) is 61.9 cm³/mol. The molecule has 0 aliphatic rings. The fraction of sp³-hybridized carbons (Fsp3) is 0.400. The van der Waals surface area contributed by atoms with Gasteiger partial charge in [0.15, 0.2) is 0 Å². The van der Waals surface area contributed by atoms with E-state index in [4.69, 9.17) is 20.1 Å². The molecule has 0 atom stereocenters. The Labute approximate surface area is 94.6 Å². The molecular weight excluding hydrogens is 210 g/mol. The molecule has 16 heavy (non-hydrogen) atoms. The van der Waals surface area contributed by atoms with Crippen molar-refractivity contribution < 1.29 is 14.2 Å². The lowest BCUT2D eigenvalue weighted by molar-refractivity contribution is 0.377. The van der Waals surface area contributed by atoms with Crippen molar-refractivity contribution in [1.82, 2.24) is 5.43 Å². The van der Waals surface area contributed by atoms with E-state index in [0.717, 1.165) is 5.69 Å². The van der Waals surface area contributed by atoms with Gasteiger partial charge in [0.1, 0.15) is 22.9 Å². The van der Waals surface area contributed by atoms with Gasteiger partial charge >= 0.3 is 0 Å². The van der Waals surface area contributed by atoms with Gasteiger partial charge in [-0.1, -0.05) is 0 Å². The molecule has 0 spiro atoms. The van der Waals surface area contributed by atoms with Crippen LogP contribution in [0.2, 0.25) is 0 Å². The van der Waals surface area contributed by atoms with Crippen LogP contribution in [-0.4, -0.2) is 28.0 Å². The van der Waals surface area contributed by atoms with Crippen LogP contribution in [0.3, 0.4) is 0 Å². The second-order valence-electron chi connectivity index (χ2n) is 2.96. The van der Waals surface area contributed by atoms with Crippen molar-refractivity contribution in [2.24, 2.45) is 5.84 Å². The molecule has 90 valence electrons. The zero-order valence-electron chi connectivity index (χ0n) is 9.66. The molecule has 0 fully saturated rings. The van der Waals surface area contributed by atoms with E-state index in [0.29, 0.717) is 23.9 Å². The number of nitrogens with one attached hydrogen (secondary N) is 2. The molecule has 0 aliphatic heterocycles. The van der Waals surface area contributed by atoms with Crippen LogP contribution in [0.25, 0.3) is 0 Å². The Balaban J connectivity index is 3.09. The molecular formula is C10H17N3O3. The molecule has 0 saturated heterocycles. The van der Waals surface area contributed by atoms with Gasteiger partial charge in [-0.25, -0.2) is 5.43 Å². The largest absolute Gasteiger partial charge is 0.496 e. The van der Waals surface area contributed by atoms with E-state index in [-0.39, 0.29) is 0 Å². The summed E-state index contributed by atoms with van der Waals surface area (Å²) in [4.78, 5) is 0. The fourth-order valence-corrected chi connectivity index (χ4v) is 1.32. The minimum absolute atomic E-state index is 0.402. The van der Waals surface area contributed by atoms with E-state index in [2.05, 4.69) is 10.7 Å². The molecule has 1 aromatic rings. The van der Waals surface area contributed by atoms with E-state index in [1.54, 1.807) is 33.5 Å². The number of nitrogens with two attached hydrogens (primary N) is 1. The maximum Gasteiger partial charge on any atom is 0.149 e. The third-order valence-corrected chi connectivity index (χ3v) is 2.08. The van der Waals surface area contributed by atoms with Gasteiger partial charge in [0, 0.05) is 12.1 Å². The normalized spacial score (nSPS) is 9.75. The van der Waals surface area contributed by atoms with E-state index >= 15 is 0 Å². The second kappa shape index (κ2) is 6.04. The van der Waals surface area contributed by atoms with Crippen molar-refractivity contribution in [2.75, 3.05) is 33.3 Å². The standard InChI is InChI=1S/C10H17N3O3/c1-14-7-4-8(15-2)10(12-6-13-11)9(5-7)16-3/h4-5,12-13H,6,11H2,1-3H3. The Morgan fingerprint density at radius 3 is 2.00 bits per heavy atom. The molecule has 0 aromatic heterocycles. The lowest BCUT2D eigenvalue weighted by atomic mass is 10.2. The van der Waals surface area contributed by atoms with Gasteiger partial charge in [-0.05, 0) is 0 Å². The van der Waals surface area contributed by atoms with Crippen LogP contribution in [0.5, 0.6) is 17.2 Å². The van der Waals surface area contributed by atoms with Crippen molar-refractivity contribution in [3.05, 3.63) is 12.1 Å². The Hall–Kier alpha value is -1.66. The van der Waals surface area contributed by atoms with Gasteiger partial charge in [0.25, 0.3) is 0 Å². The number of rotatable bonds is 6. The molecule has 0 aliphatic carbocycles. The fourth-order valence-electron chi connectivity index (χ4n) is 1.32. The van der Waals surface area contributed by atoms with Crippen molar-refractivity contribution in [3.63, 3.8) is 0 Å². The quantitative estimate of drug-likeness (QED) is 0.374. The summed E-state index contributed by atoms with van der Waals surface area (Å²) in [6, 6.07) is 3.53. The second-order valence-corrected chi connectivity index (χ2v) is 2.96. The number of anilines is 1. The topological polar surface area (TPSA) is 77.8 Å². The predicted octanol–water partition coefficient (Wildman–Crippen LogP) is 0.545. The first kappa shape index (κ1) is 12.4. The highest BCUT2D eigenvalue weighted by Crippen LogP contribution is 2.38. The molecule has 0 unspecified atom stereocenters. The maximum absolute atomic E-state index is 5.24. The Bertz CT molecular complexity index is 319. The summed E-state index contributed by atoms with van der Waals surface area (Å²) in [5, 5.41) is 3.04. The molecule has 1 aromatic carbocycles. The summed E-state index contributed by atoms with van der Waals surface area (Å²) in [7, 11) is 4.74. The number of benzene rings is 1. The minimum atomic E-state index is 0.402. The van der Waals surface area contributed by atoms with Crippen molar-refractivity contribution in [3.8, 4) is 17.2 Å². The van der Waals surface area contributed by atoms with Gasteiger partial charge in [-0.3, -0.25) is 5.84 Å². The van der Waals surface area contributed by atoms with Gasteiger partial charge < -0.3 is 19.5 Å². The molecule has 0 heterocycles. The summed E-state index contributed by atoms with van der Waals surface area (Å²) in [5.74, 6) is 7.13. The van der Waals surface area contributed by atoms with Gasteiger partial charge in [-0.15, -0.1) is 0 Å². The van der Waals surface area contributed by atoms with Crippen molar-refractivity contribution in [1.29, 1.82) is 0 Å². The van der Waals surface area contributed by atoms with Gasteiger partial charge in [-0.2, -0.15) is 0 Å². The van der Waals surface area contributed by atoms with E-state index in [9.17, 15) is 0 Å². The highest BCUT2D eigenvalue weighted by Gasteiger charge is 2.12. The number of ether oxygens (including phenoxy) is 3. The molecule has 6 heteroatoms. The third kappa shape index (κ3) is 2.68. The van der Waals surface area contributed by atoms with Crippen LogP contribution in [0.4, 0.5) is 5.69 Å². The number of hydrogen-bond acceptors (Lipinski definition) is 6. The molecule has 1 rings (SSSR count). The average Bonchev–Trinajstić information content (AvgIpc) is 2.35.